The summed E-state index contributed by atoms with van der Waals surface area (Å²) in [7, 11) is 1.95. The van der Waals surface area contributed by atoms with E-state index >= 15 is 0 Å². The van der Waals surface area contributed by atoms with Gasteiger partial charge in [-0.3, -0.25) is 4.68 Å². The molecular weight excluding hydrogens is 206 g/mol. The molecule has 2 unspecified atom stereocenters. The number of thioether (sulfide) groups is 1. The summed E-state index contributed by atoms with van der Waals surface area (Å²) in [6.07, 6.45) is 8.94. The molecule has 3 nitrogen and oxygen atoms in total. The van der Waals surface area contributed by atoms with E-state index in [1.165, 1.54) is 30.6 Å². The number of nitrogens with two attached hydrogens (primary N) is 1. The molecule has 84 valence electrons. The predicted octanol–water partition coefficient (Wildman–Crippen LogP) is 1.58. The van der Waals surface area contributed by atoms with Gasteiger partial charge < -0.3 is 5.73 Å². The molecule has 0 aliphatic carbocycles. The summed E-state index contributed by atoms with van der Waals surface area (Å²) < 4.78 is 1.84. The second-order valence-electron chi connectivity index (χ2n) is 4.30. The summed E-state index contributed by atoms with van der Waals surface area (Å²) in [5.74, 6) is 1.28. The number of aromatic nitrogens is 2. The lowest BCUT2D eigenvalue weighted by Gasteiger charge is -2.26. The van der Waals surface area contributed by atoms with Crippen molar-refractivity contribution in [2.45, 2.75) is 37.0 Å². The molecule has 0 saturated carbocycles. The molecule has 15 heavy (non-hydrogen) atoms. The van der Waals surface area contributed by atoms with Gasteiger partial charge in [0.15, 0.2) is 0 Å². The maximum atomic E-state index is 6.23. The van der Waals surface area contributed by atoms with E-state index in [2.05, 4.69) is 11.3 Å². The number of aryl methyl sites for hydroxylation is 1. The molecule has 0 spiro atoms. The largest absolute Gasteiger partial charge is 0.326 e. The zero-order valence-electron chi connectivity index (χ0n) is 9.22. The minimum Gasteiger partial charge on any atom is -0.326 e. The van der Waals surface area contributed by atoms with E-state index in [1.54, 1.807) is 0 Å². The Morgan fingerprint density at radius 1 is 1.67 bits per heavy atom. The van der Waals surface area contributed by atoms with Gasteiger partial charge in [-0.1, -0.05) is 6.42 Å². The average molecular weight is 225 g/mol. The molecule has 1 aromatic rings. The van der Waals surface area contributed by atoms with Gasteiger partial charge in [-0.2, -0.15) is 16.9 Å². The standard InChI is InChI=1S/C11H19N3S/c1-14-8-9(7-13-14)6-10(12)11-4-2-3-5-15-11/h7-8,10-11H,2-6,12H2,1H3. The lowest BCUT2D eigenvalue weighted by molar-refractivity contribution is 0.559. The summed E-state index contributed by atoms with van der Waals surface area (Å²) in [5, 5.41) is 4.82. The minimum absolute atomic E-state index is 0.291. The molecule has 0 bridgehead atoms. The molecule has 2 rings (SSSR count). The molecule has 2 heterocycles. The van der Waals surface area contributed by atoms with Crippen LogP contribution in [0.5, 0.6) is 0 Å². The first-order chi connectivity index (χ1) is 7.25. The van der Waals surface area contributed by atoms with Crippen LogP contribution in [0.1, 0.15) is 24.8 Å². The van der Waals surface area contributed by atoms with Crippen LogP contribution in [0.25, 0.3) is 0 Å². The lowest BCUT2D eigenvalue weighted by atomic mass is 10.0. The van der Waals surface area contributed by atoms with Gasteiger partial charge >= 0.3 is 0 Å². The number of hydrogen-bond donors (Lipinski definition) is 1. The second-order valence-corrected chi connectivity index (χ2v) is 5.64. The Morgan fingerprint density at radius 2 is 2.53 bits per heavy atom. The van der Waals surface area contributed by atoms with Gasteiger partial charge in [0, 0.05) is 24.5 Å². The average Bonchev–Trinajstić information content (AvgIpc) is 2.65. The minimum atomic E-state index is 0.291. The van der Waals surface area contributed by atoms with Crippen molar-refractivity contribution in [3.8, 4) is 0 Å². The predicted molar refractivity (Wildman–Crippen MR) is 65.0 cm³/mol. The van der Waals surface area contributed by atoms with Crippen LogP contribution in [-0.4, -0.2) is 26.8 Å². The molecule has 0 radical (unpaired) electrons. The van der Waals surface area contributed by atoms with Gasteiger partial charge in [-0.25, -0.2) is 0 Å². The van der Waals surface area contributed by atoms with Crippen LogP contribution in [0.2, 0.25) is 0 Å². The van der Waals surface area contributed by atoms with Gasteiger partial charge in [0.2, 0.25) is 0 Å². The monoisotopic (exact) mass is 225 g/mol. The summed E-state index contributed by atoms with van der Waals surface area (Å²) in [6, 6.07) is 0.291. The van der Waals surface area contributed by atoms with Crippen LogP contribution >= 0.6 is 11.8 Å². The van der Waals surface area contributed by atoms with E-state index in [0.717, 1.165) is 6.42 Å². The van der Waals surface area contributed by atoms with Crippen molar-refractivity contribution < 1.29 is 0 Å². The molecule has 1 saturated heterocycles. The Hall–Kier alpha value is -0.480. The Morgan fingerprint density at radius 3 is 3.13 bits per heavy atom. The smallest absolute Gasteiger partial charge is 0.0522 e. The number of nitrogens with zero attached hydrogens (tertiary/aromatic N) is 2. The zero-order valence-corrected chi connectivity index (χ0v) is 10.0. The third-order valence-electron chi connectivity index (χ3n) is 2.92. The molecule has 1 aliphatic rings. The fourth-order valence-corrected chi connectivity index (χ4v) is 3.43. The van der Waals surface area contributed by atoms with E-state index in [4.69, 9.17) is 5.73 Å². The summed E-state index contributed by atoms with van der Waals surface area (Å²) >= 11 is 2.05. The highest BCUT2D eigenvalue weighted by molar-refractivity contribution is 8.00. The molecule has 2 N–H and O–H groups in total. The molecule has 0 amide bonds. The van der Waals surface area contributed by atoms with E-state index in [0.29, 0.717) is 11.3 Å². The summed E-state index contributed by atoms with van der Waals surface area (Å²) in [5.41, 5.74) is 7.49. The molecule has 1 aromatic heterocycles. The normalized spacial score (nSPS) is 24.0. The molecule has 1 aliphatic heterocycles. The van der Waals surface area contributed by atoms with Gasteiger partial charge in [0.1, 0.15) is 0 Å². The number of rotatable bonds is 3. The third kappa shape index (κ3) is 2.98. The number of hydrogen-bond acceptors (Lipinski definition) is 3. The van der Waals surface area contributed by atoms with Crippen LogP contribution in [0, 0.1) is 0 Å². The molecule has 0 aromatic carbocycles. The van der Waals surface area contributed by atoms with E-state index in [9.17, 15) is 0 Å². The van der Waals surface area contributed by atoms with Crippen molar-refractivity contribution in [2.75, 3.05) is 5.75 Å². The van der Waals surface area contributed by atoms with E-state index < -0.39 is 0 Å². The van der Waals surface area contributed by atoms with Gasteiger partial charge in [-0.05, 0) is 30.6 Å². The summed E-state index contributed by atoms with van der Waals surface area (Å²) in [4.78, 5) is 0. The maximum absolute atomic E-state index is 6.23. The molecular formula is C11H19N3S. The SMILES string of the molecule is Cn1cc(CC(N)C2CCCCS2)cn1. The van der Waals surface area contributed by atoms with Crippen LogP contribution in [-0.2, 0) is 13.5 Å². The van der Waals surface area contributed by atoms with E-state index in [-0.39, 0.29) is 0 Å². The molecule has 2 atom stereocenters. The molecule has 1 fully saturated rings. The van der Waals surface area contributed by atoms with Crippen LogP contribution < -0.4 is 5.73 Å². The highest BCUT2D eigenvalue weighted by Crippen LogP contribution is 2.27. The second kappa shape index (κ2) is 5.03. The van der Waals surface area contributed by atoms with Crippen molar-refractivity contribution in [3.63, 3.8) is 0 Å². The first kappa shape index (κ1) is 11.0. The van der Waals surface area contributed by atoms with Crippen LogP contribution in [0.15, 0.2) is 12.4 Å². The summed E-state index contributed by atoms with van der Waals surface area (Å²) in [6.45, 7) is 0. The lowest BCUT2D eigenvalue weighted by Crippen LogP contribution is -2.36. The maximum Gasteiger partial charge on any atom is 0.0522 e. The van der Waals surface area contributed by atoms with Gasteiger partial charge in [0.25, 0.3) is 0 Å². The first-order valence-electron chi connectivity index (χ1n) is 5.60. The third-order valence-corrected chi connectivity index (χ3v) is 4.46. The van der Waals surface area contributed by atoms with Gasteiger partial charge in [0.05, 0.1) is 6.20 Å². The topological polar surface area (TPSA) is 43.8 Å². The zero-order chi connectivity index (χ0) is 10.7. The fourth-order valence-electron chi connectivity index (χ4n) is 2.08. The highest BCUT2D eigenvalue weighted by Gasteiger charge is 2.21. The molecule has 4 heteroatoms. The van der Waals surface area contributed by atoms with Crippen molar-refractivity contribution in [3.05, 3.63) is 18.0 Å². The van der Waals surface area contributed by atoms with E-state index in [1.807, 2.05) is 29.7 Å². The quantitative estimate of drug-likeness (QED) is 0.849. The Balaban J connectivity index is 1.88. The van der Waals surface area contributed by atoms with Crippen molar-refractivity contribution in [2.24, 2.45) is 12.8 Å². The van der Waals surface area contributed by atoms with Crippen LogP contribution in [0.3, 0.4) is 0 Å². The Bertz CT molecular complexity index is 305. The first-order valence-corrected chi connectivity index (χ1v) is 6.65. The van der Waals surface area contributed by atoms with Crippen LogP contribution in [0.4, 0.5) is 0 Å². The Labute approximate surface area is 95.4 Å². The van der Waals surface area contributed by atoms with Crippen molar-refractivity contribution in [1.29, 1.82) is 0 Å². The highest BCUT2D eigenvalue weighted by atomic mass is 32.2. The van der Waals surface area contributed by atoms with Gasteiger partial charge in [-0.15, -0.1) is 0 Å². The fraction of sp³-hybridized carbons (Fsp3) is 0.727. The van der Waals surface area contributed by atoms with Crippen molar-refractivity contribution in [1.82, 2.24) is 9.78 Å². The Kier molecular flexibility index (Phi) is 3.70. The van der Waals surface area contributed by atoms with Crippen molar-refractivity contribution >= 4 is 11.8 Å².